The molecule has 0 radical (unpaired) electrons. The zero-order valence-corrected chi connectivity index (χ0v) is 11.8. The molecule has 0 unspecified atom stereocenters. The first-order valence-corrected chi connectivity index (χ1v) is 6.52. The van der Waals surface area contributed by atoms with Gasteiger partial charge in [-0.25, -0.2) is 4.79 Å². The normalized spacial score (nSPS) is 16.0. The summed E-state index contributed by atoms with van der Waals surface area (Å²) in [5.41, 5.74) is 1.29. The molecule has 0 spiro atoms. The Morgan fingerprint density at radius 2 is 1.86 bits per heavy atom. The van der Waals surface area contributed by atoms with Crippen LogP contribution in [-0.2, 0) is 9.53 Å². The standard InChI is InChI=1S/C17H14O4/c1-11-3-6-15(20-11)9-13-10-16(21-17(13)18)12-4-7-14(19-2)8-5-12/h3-10H,1-2H3. The van der Waals surface area contributed by atoms with Crippen molar-refractivity contribution in [1.82, 2.24) is 0 Å². The third-order valence-electron chi connectivity index (χ3n) is 3.16. The number of cyclic esters (lactones) is 1. The molecule has 0 saturated heterocycles. The molecule has 0 fully saturated rings. The van der Waals surface area contributed by atoms with Crippen molar-refractivity contribution in [3.63, 3.8) is 0 Å². The summed E-state index contributed by atoms with van der Waals surface area (Å²) in [4.78, 5) is 11.9. The van der Waals surface area contributed by atoms with E-state index < -0.39 is 0 Å². The fourth-order valence-electron chi connectivity index (χ4n) is 2.07. The molecule has 2 aromatic rings. The van der Waals surface area contributed by atoms with Gasteiger partial charge in [-0.2, -0.15) is 0 Å². The Kier molecular flexibility index (Phi) is 3.36. The summed E-state index contributed by atoms with van der Waals surface area (Å²) in [6, 6.07) is 11.0. The lowest BCUT2D eigenvalue weighted by Crippen LogP contribution is -1.97. The van der Waals surface area contributed by atoms with Gasteiger partial charge in [0.15, 0.2) is 0 Å². The quantitative estimate of drug-likeness (QED) is 0.637. The van der Waals surface area contributed by atoms with E-state index in [0.29, 0.717) is 17.1 Å². The van der Waals surface area contributed by atoms with Gasteiger partial charge in [0.25, 0.3) is 0 Å². The van der Waals surface area contributed by atoms with Crippen LogP contribution >= 0.6 is 0 Å². The summed E-state index contributed by atoms with van der Waals surface area (Å²) in [5.74, 6) is 2.33. The number of furan rings is 1. The predicted octanol–water partition coefficient (Wildman–Crippen LogP) is 3.58. The number of benzene rings is 1. The van der Waals surface area contributed by atoms with Crippen LogP contribution in [0.15, 0.2) is 52.5 Å². The van der Waals surface area contributed by atoms with E-state index in [-0.39, 0.29) is 5.97 Å². The Balaban J connectivity index is 1.89. The molecule has 4 heteroatoms. The maximum Gasteiger partial charge on any atom is 0.343 e. The highest BCUT2D eigenvalue weighted by molar-refractivity contribution is 6.04. The summed E-state index contributed by atoms with van der Waals surface area (Å²) in [7, 11) is 1.61. The molecule has 106 valence electrons. The zero-order chi connectivity index (χ0) is 14.8. The number of carbonyl (C=O) groups excluding carboxylic acids is 1. The summed E-state index contributed by atoms with van der Waals surface area (Å²) in [5, 5.41) is 0. The highest BCUT2D eigenvalue weighted by Gasteiger charge is 2.22. The molecule has 0 amide bonds. The summed E-state index contributed by atoms with van der Waals surface area (Å²) < 4.78 is 15.8. The molecule has 1 aromatic heterocycles. The van der Waals surface area contributed by atoms with Crippen molar-refractivity contribution in [2.24, 2.45) is 0 Å². The summed E-state index contributed by atoms with van der Waals surface area (Å²) in [6.45, 7) is 1.85. The average molecular weight is 282 g/mol. The third kappa shape index (κ3) is 2.74. The molecule has 0 N–H and O–H groups in total. The van der Waals surface area contributed by atoms with E-state index in [1.54, 1.807) is 19.3 Å². The van der Waals surface area contributed by atoms with Gasteiger partial charge in [0, 0.05) is 5.56 Å². The minimum atomic E-state index is -0.380. The molecular formula is C17H14O4. The van der Waals surface area contributed by atoms with Crippen LogP contribution in [0.3, 0.4) is 0 Å². The van der Waals surface area contributed by atoms with E-state index in [2.05, 4.69) is 0 Å². The van der Waals surface area contributed by atoms with Gasteiger partial charge in [0.05, 0.1) is 12.7 Å². The largest absolute Gasteiger partial charge is 0.497 e. The zero-order valence-electron chi connectivity index (χ0n) is 11.8. The average Bonchev–Trinajstić information content (AvgIpc) is 3.06. The van der Waals surface area contributed by atoms with E-state index in [4.69, 9.17) is 13.9 Å². The number of hydrogen-bond donors (Lipinski definition) is 0. The molecule has 1 aliphatic heterocycles. The Morgan fingerprint density at radius 3 is 2.48 bits per heavy atom. The van der Waals surface area contributed by atoms with E-state index in [9.17, 15) is 4.79 Å². The summed E-state index contributed by atoms with van der Waals surface area (Å²) >= 11 is 0. The molecule has 0 saturated carbocycles. The molecule has 21 heavy (non-hydrogen) atoms. The minimum Gasteiger partial charge on any atom is -0.497 e. The molecule has 4 nitrogen and oxygen atoms in total. The minimum absolute atomic E-state index is 0.380. The van der Waals surface area contributed by atoms with Gasteiger partial charge in [0.1, 0.15) is 23.0 Å². The number of aryl methyl sites for hydroxylation is 1. The Morgan fingerprint density at radius 1 is 1.10 bits per heavy atom. The molecule has 1 aliphatic rings. The van der Waals surface area contributed by atoms with Gasteiger partial charge in [-0.15, -0.1) is 0 Å². The Hall–Kier alpha value is -2.75. The van der Waals surface area contributed by atoms with Gasteiger partial charge in [-0.3, -0.25) is 0 Å². The van der Waals surface area contributed by atoms with Crippen molar-refractivity contribution < 1.29 is 18.7 Å². The summed E-state index contributed by atoms with van der Waals surface area (Å²) in [6.07, 6.45) is 3.38. The van der Waals surface area contributed by atoms with Gasteiger partial charge in [0.2, 0.25) is 0 Å². The molecule has 3 rings (SSSR count). The van der Waals surface area contributed by atoms with Crippen LogP contribution in [-0.4, -0.2) is 13.1 Å². The maximum absolute atomic E-state index is 11.9. The first-order chi connectivity index (χ1) is 10.2. The van der Waals surface area contributed by atoms with Gasteiger partial charge in [-0.1, -0.05) is 0 Å². The topological polar surface area (TPSA) is 48.7 Å². The van der Waals surface area contributed by atoms with Crippen molar-refractivity contribution in [3.8, 4) is 5.75 Å². The smallest absolute Gasteiger partial charge is 0.343 e. The number of esters is 1. The third-order valence-corrected chi connectivity index (χ3v) is 3.16. The van der Waals surface area contributed by atoms with Gasteiger partial charge < -0.3 is 13.9 Å². The number of rotatable bonds is 3. The first kappa shape index (κ1) is 13.2. The maximum atomic E-state index is 11.9. The molecule has 2 heterocycles. The lowest BCUT2D eigenvalue weighted by molar-refractivity contribution is -0.130. The molecular weight excluding hydrogens is 268 g/mol. The second-order valence-electron chi connectivity index (χ2n) is 4.67. The number of hydrogen-bond acceptors (Lipinski definition) is 4. The van der Waals surface area contributed by atoms with Crippen LogP contribution < -0.4 is 4.74 Å². The van der Waals surface area contributed by atoms with Crippen molar-refractivity contribution in [3.05, 3.63) is 65.1 Å². The van der Waals surface area contributed by atoms with Crippen LogP contribution in [0, 0.1) is 6.92 Å². The van der Waals surface area contributed by atoms with Crippen LogP contribution in [0.1, 0.15) is 17.1 Å². The van der Waals surface area contributed by atoms with E-state index >= 15 is 0 Å². The Bertz CT molecular complexity index is 732. The highest BCUT2D eigenvalue weighted by Crippen LogP contribution is 2.28. The van der Waals surface area contributed by atoms with E-state index in [1.807, 2.05) is 43.3 Å². The SMILES string of the molecule is COc1ccc(C2=CC(=Cc3ccc(C)o3)C(=O)O2)cc1. The predicted molar refractivity (Wildman–Crippen MR) is 78.5 cm³/mol. The monoisotopic (exact) mass is 282 g/mol. The van der Waals surface area contributed by atoms with Crippen molar-refractivity contribution in [2.45, 2.75) is 6.92 Å². The van der Waals surface area contributed by atoms with E-state index in [1.165, 1.54) is 0 Å². The van der Waals surface area contributed by atoms with Gasteiger partial charge >= 0.3 is 5.97 Å². The van der Waals surface area contributed by atoms with Crippen molar-refractivity contribution in [2.75, 3.05) is 7.11 Å². The molecule has 0 atom stereocenters. The van der Waals surface area contributed by atoms with Crippen molar-refractivity contribution >= 4 is 17.8 Å². The molecule has 0 bridgehead atoms. The lowest BCUT2D eigenvalue weighted by Gasteiger charge is -2.03. The van der Waals surface area contributed by atoms with E-state index in [0.717, 1.165) is 17.1 Å². The first-order valence-electron chi connectivity index (χ1n) is 6.52. The number of carbonyl (C=O) groups is 1. The molecule has 1 aromatic carbocycles. The lowest BCUT2D eigenvalue weighted by atomic mass is 10.1. The molecule has 0 aliphatic carbocycles. The number of ether oxygens (including phenoxy) is 2. The number of methoxy groups -OCH3 is 1. The van der Waals surface area contributed by atoms with Gasteiger partial charge in [-0.05, 0) is 55.5 Å². The van der Waals surface area contributed by atoms with Crippen molar-refractivity contribution in [1.29, 1.82) is 0 Å². The second-order valence-corrected chi connectivity index (χ2v) is 4.67. The van der Waals surface area contributed by atoms with Crippen LogP contribution in [0.2, 0.25) is 0 Å². The van der Waals surface area contributed by atoms with Crippen LogP contribution in [0.5, 0.6) is 5.75 Å². The highest BCUT2D eigenvalue weighted by atomic mass is 16.5. The van der Waals surface area contributed by atoms with Crippen LogP contribution in [0.25, 0.3) is 11.8 Å². The van der Waals surface area contributed by atoms with Crippen LogP contribution in [0.4, 0.5) is 0 Å². The fourth-order valence-corrected chi connectivity index (χ4v) is 2.07. The fraction of sp³-hybridized carbons (Fsp3) is 0.118. The Labute approximate surface area is 122 Å². The second kappa shape index (κ2) is 5.32.